The summed E-state index contributed by atoms with van der Waals surface area (Å²) in [4.78, 5) is 11.0. The molecule has 0 fully saturated rings. The summed E-state index contributed by atoms with van der Waals surface area (Å²) >= 11 is 0. The highest BCUT2D eigenvalue weighted by Crippen LogP contribution is 2.26. The van der Waals surface area contributed by atoms with Crippen LogP contribution in [0.25, 0.3) is 16.6 Å². The third-order valence-corrected chi connectivity index (χ3v) is 4.23. The fourth-order valence-corrected chi connectivity index (χ4v) is 3.10. The zero-order valence-corrected chi connectivity index (χ0v) is 13.0. The quantitative estimate of drug-likeness (QED) is 0.761. The van der Waals surface area contributed by atoms with Crippen LogP contribution in [0.1, 0.15) is 6.92 Å². The molecule has 2 aromatic carbocycles. The second-order valence-corrected chi connectivity index (χ2v) is 6.55. The van der Waals surface area contributed by atoms with Gasteiger partial charge in [-0.2, -0.15) is 5.10 Å². The van der Waals surface area contributed by atoms with Crippen molar-refractivity contribution >= 4 is 32.5 Å². The molecule has 0 atom stereocenters. The first-order valence-corrected chi connectivity index (χ1v) is 8.28. The molecule has 8 heteroatoms. The van der Waals surface area contributed by atoms with Crippen molar-refractivity contribution in [3.63, 3.8) is 0 Å². The monoisotopic (exact) mass is 330 g/mol. The zero-order chi connectivity index (χ0) is 16.6. The number of para-hydroxylation sites is 1. The molecule has 1 aromatic heterocycles. The van der Waals surface area contributed by atoms with E-state index in [2.05, 4.69) is 10.4 Å². The maximum absolute atomic E-state index is 11.9. The minimum atomic E-state index is -4.00. The van der Waals surface area contributed by atoms with Crippen LogP contribution in [-0.4, -0.2) is 24.1 Å². The van der Waals surface area contributed by atoms with Gasteiger partial charge in [0.05, 0.1) is 17.4 Å². The van der Waals surface area contributed by atoms with E-state index in [1.807, 2.05) is 24.3 Å². The molecule has 0 saturated carbocycles. The highest BCUT2D eigenvalue weighted by molar-refractivity contribution is 7.89. The number of carbonyl (C=O) groups is 1. The maximum Gasteiger partial charge on any atom is 0.240 e. The first-order chi connectivity index (χ1) is 10.9. The van der Waals surface area contributed by atoms with Crippen LogP contribution in [0.5, 0.6) is 0 Å². The van der Waals surface area contributed by atoms with E-state index in [0.29, 0.717) is 11.4 Å². The second-order valence-electron chi connectivity index (χ2n) is 5.02. The predicted molar refractivity (Wildman–Crippen MR) is 86.7 cm³/mol. The molecule has 1 heterocycles. The largest absolute Gasteiger partial charge is 0.326 e. The summed E-state index contributed by atoms with van der Waals surface area (Å²) in [5.41, 5.74) is 1.43. The van der Waals surface area contributed by atoms with Crippen LogP contribution < -0.4 is 10.5 Å². The number of anilines is 1. The number of primary sulfonamides is 1. The van der Waals surface area contributed by atoms with Gasteiger partial charge in [-0.05, 0) is 24.3 Å². The molecule has 0 aliphatic heterocycles. The molecule has 0 aliphatic rings. The number of nitrogens with zero attached hydrogens (tertiary/aromatic N) is 2. The van der Waals surface area contributed by atoms with Gasteiger partial charge in [0.1, 0.15) is 4.90 Å². The fourth-order valence-electron chi connectivity index (χ4n) is 2.36. The van der Waals surface area contributed by atoms with Gasteiger partial charge in [0.2, 0.25) is 15.9 Å². The van der Waals surface area contributed by atoms with Gasteiger partial charge >= 0.3 is 0 Å². The van der Waals surface area contributed by atoms with E-state index >= 15 is 0 Å². The molecule has 3 N–H and O–H groups in total. The van der Waals surface area contributed by atoms with E-state index in [-0.39, 0.29) is 10.8 Å². The number of fused-ring (bicyclic) bond motifs is 1. The third-order valence-electron chi connectivity index (χ3n) is 3.29. The van der Waals surface area contributed by atoms with E-state index in [1.54, 1.807) is 18.3 Å². The lowest BCUT2D eigenvalue weighted by Crippen LogP contribution is -2.17. The summed E-state index contributed by atoms with van der Waals surface area (Å²) < 4.78 is 25.4. The van der Waals surface area contributed by atoms with Crippen molar-refractivity contribution in [2.45, 2.75) is 11.8 Å². The molecular formula is C15H14N4O3S. The van der Waals surface area contributed by atoms with Gasteiger partial charge in [-0.3, -0.25) is 4.79 Å². The smallest absolute Gasteiger partial charge is 0.240 e. The van der Waals surface area contributed by atoms with Gasteiger partial charge in [-0.1, -0.05) is 18.2 Å². The Morgan fingerprint density at radius 2 is 1.96 bits per heavy atom. The lowest BCUT2D eigenvalue weighted by Gasteiger charge is -2.11. The van der Waals surface area contributed by atoms with Crippen molar-refractivity contribution < 1.29 is 13.2 Å². The molecule has 3 rings (SSSR count). The zero-order valence-electron chi connectivity index (χ0n) is 12.2. The molecule has 3 aromatic rings. The molecule has 0 radical (unpaired) electrons. The number of aromatic nitrogens is 2. The first-order valence-electron chi connectivity index (χ1n) is 6.74. The Morgan fingerprint density at radius 1 is 1.22 bits per heavy atom. The Bertz CT molecular complexity index is 1010. The summed E-state index contributed by atoms with van der Waals surface area (Å²) in [7, 11) is -4.00. The summed E-state index contributed by atoms with van der Waals surface area (Å²) in [6.07, 6.45) is 1.64. The number of hydrogen-bond donors (Lipinski definition) is 2. The molecule has 118 valence electrons. The lowest BCUT2D eigenvalue weighted by molar-refractivity contribution is -0.114. The predicted octanol–water partition coefficient (Wildman–Crippen LogP) is 1.63. The molecule has 0 bridgehead atoms. The number of nitrogens with two attached hydrogens (primary N) is 1. The Labute approximate surface area is 132 Å². The van der Waals surface area contributed by atoms with Crippen LogP contribution in [0.3, 0.4) is 0 Å². The summed E-state index contributed by atoms with van der Waals surface area (Å²) in [6, 6.07) is 11.9. The van der Waals surface area contributed by atoms with Crippen LogP contribution >= 0.6 is 0 Å². The van der Waals surface area contributed by atoms with E-state index in [9.17, 15) is 13.2 Å². The van der Waals surface area contributed by atoms with E-state index < -0.39 is 10.0 Å². The van der Waals surface area contributed by atoms with Gasteiger partial charge in [-0.15, -0.1) is 0 Å². The minimum Gasteiger partial charge on any atom is -0.326 e. The summed E-state index contributed by atoms with van der Waals surface area (Å²) in [5.74, 6) is -0.303. The van der Waals surface area contributed by atoms with Crippen LogP contribution in [-0.2, 0) is 14.8 Å². The first kappa shape index (κ1) is 15.2. The van der Waals surface area contributed by atoms with E-state index in [4.69, 9.17) is 5.14 Å². The van der Waals surface area contributed by atoms with Gasteiger partial charge in [0, 0.05) is 18.0 Å². The van der Waals surface area contributed by atoms with Crippen LogP contribution in [0.2, 0.25) is 0 Å². The topological polar surface area (TPSA) is 107 Å². The number of rotatable bonds is 3. The van der Waals surface area contributed by atoms with Crippen LogP contribution in [0.4, 0.5) is 5.69 Å². The molecular weight excluding hydrogens is 316 g/mol. The number of hydrogen-bond acceptors (Lipinski definition) is 4. The van der Waals surface area contributed by atoms with E-state index in [1.165, 1.54) is 17.7 Å². The third kappa shape index (κ3) is 2.94. The Kier molecular flexibility index (Phi) is 3.63. The Hall–Kier alpha value is -2.71. The highest BCUT2D eigenvalue weighted by atomic mass is 32.2. The van der Waals surface area contributed by atoms with Crippen molar-refractivity contribution in [2.24, 2.45) is 5.14 Å². The highest BCUT2D eigenvalue weighted by Gasteiger charge is 2.18. The van der Waals surface area contributed by atoms with Gasteiger partial charge < -0.3 is 5.32 Å². The molecule has 7 nitrogen and oxygen atoms in total. The van der Waals surface area contributed by atoms with Crippen molar-refractivity contribution in [1.82, 2.24) is 9.78 Å². The van der Waals surface area contributed by atoms with Gasteiger partial charge in [0.15, 0.2) is 0 Å². The normalized spacial score (nSPS) is 11.6. The van der Waals surface area contributed by atoms with Gasteiger partial charge in [0.25, 0.3) is 0 Å². The average molecular weight is 330 g/mol. The molecule has 0 aliphatic carbocycles. The maximum atomic E-state index is 11.9. The average Bonchev–Trinajstić information content (AvgIpc) is 2.89. The molecule has 23 heavy (non-hydrogen) atoms. The molecule has 1 amide bonds. The Morgan fingerprint density at radius 3 is 2.65 bits per heavy atom. The Balaban J connectivity index is 2.25. The standard InChI is InChI=1S/C15H14N4O3S/c1-10(20)18-12-6-7-14(15(8-12)23(16,21)22)19-13-5-3-2-4-11(13)9-17-19/h2-9H,1H3,(H,18,20)(H2,16,21,22). The molecule has 0 spiro atoms. The van der Waals surface area contributed by atoms with Crippen LogP contribution in [0, 0.1) is 0 Å². The molecule has 0 saturated heterocycles. The fraction of sp³-hybridized carbons (Fsp3) is 0.0667. The number of carbonyl (C=O) groups excluding carboxylic acids is 1. The van der Waals surface area contributed by atoms with Crippen molar-refractivity contribution in [1.29, 1.82) is 0 Å². The number of benzene rings is 2. The minimum absolute atomic E-state index is 0.113. The SMILES string of the molecule is CC(=O)Nc1ccc(-n2ncc3ccccc32)c(S(N)(=O)=O)c1. The summed E-state index contributed by atoms with van der Waals surface area (Å²) in [6.45, 7) is 1.34. The summed E-state index contributed by atoms with van der Waals surface area (Å²) in [5, 5.41) is 13.0. The molecule has 0 unspecified atom stereocenters. The number of sulfonamides is 1. The number of amides is 1. The van der Waals surface area contributed by atoms with Crippen molar-refractivity contribution in [2.75, 3.05) is 5.32 Å². The second kappa shape index (κ2) is 5.49. The van der Waals surface area contributed by atoms with Crippen molar-refractivity contribution in [3.05, 3.63) is 48.7 Å². The van der Waals surface area contributed by atoms with Crippen molar-refractivity contribution in [3.8, 4) is 5.69 Å². The lowest BCUT2D eigenvalue weighted by atomic mass is 10.2. The van der Waals surface area contributed by atoms with Crippen LogP contribution in [0.15, 0.2) is 53.6 Å². The van der Waals surface area contributed by atoms with Gasteiger partial charge in [-0.25, -0.2) is 18.2 Å². The van der Waals surface area contributed by atoms with E-state index in [0.717, 1.165) is 10.9 Å². The number of nitrogens with one attached hydrogen (secondary N) is 1.